The first-order chi connectivity index (χ1) is 13.9. The third-order valence-electron chi connectivity index (χ3n) is 5.90. The number of nitrogens with one attached hydrogen (secondary N) is 2. The molecule has 2 N–H and O–H groups in total. The van der Waals surface area contributed by atoms with Crippen LogP contribution in [0.3, 0.4) is 0 Å². The van der Waals surface area contributed by atoms with Crippen LogP contribution >= 0.6 is 0 Å². The molecule has 0 spiro atoms. The molecule has 1 aromatic rings. The molecule has 3 amide bonds. The van der Waals surface area contributed by atoms with Gasteiger partial charge >= 0.3 is 0 Å². The standard InChI is InChI=1S/C20H24F2N4O3/c21-17(22)11-25(14-5-6-23-8-14)9-12-1-2-13-10-26(20(29)15(13)7-12)16-3-4-18(27)24-19(16)28/h1-2,7,14,16-17,23H,3-6,8-11H2,(H,24,27,28)/t14-,16?/m0/s1. The molecule has 3 aliphatic heterocycles. The molecule has 2 atom stereocenters. The van der Waals surface area contributed by atoms with Gasteiger partial charge < -0.3 is 10.2 Å². The van der Waals surface area contributed by atoms with E-state index in [0.29, 0.717) is 31.6 Å². The molecular weight excluding hydrogens is 382 g/mol. The number of hydrogen-bond acceptors (Lipinski definition) is 5. The fraction of sp³-hybridized carbons (Fsp3) is 0.550. The molecule has 29 heavy (non-hydrogen) atoms. The number of fused-ring (bicyclic) bond motifs is 1. The summed E-state index contributed by atoms with van der Waals surface area (Å²) >= 11 is 0. The van der Waals surface area contributed by atoms with Crippen molar-refractivity contribution in [3.05, 3.63) is 34.9 Å². The van der Waals surface area contributed by atoms with Gasteiger partial charge in [0.2, 0.25) is 11.8 Å². The fourth-order valence-electron chi connectivity index (χ4n) is 4.41. The van der Waals surface area contributed by atoms with Crippen molar-refractivity contribution in [2.24, 2.45) is 0 Å². The Morgan fingerprint density at radius 1 is 1.21 bits per heavy atom. The maximum Gasteiger partial charge on any atom is 0.255 e. The van der Waals surface area contributed by atoms with E-state index in [0.717, 1.165) is 24.1 Å². The third kappa shape index (κ3) is 4.16. The maximum atomic E-state index is 13.1. The van der Waals surface area contributed by atoms with Crippen molar-refractivity contribution in [1.82, 2.24) is 20.4 Å². The van der Waals surface area contributed by atoms with Gasteiger partial charge in [-0.15, -0.1) is 0 Å². The van der Waals surface area contributed by atoms with Gasteiger partial charge in [0, 0.05) is 37.7 Å². The van der Waals surface area contributed by atoms with Crippen molar-refractivity contribution in [3.8, 4) is 0 Å². The van der Waals surface area contributed by atoms with Crippen molar-refractivity contribution in [1.29, 1.82) is 0 Å². The Labute approximate surface area is 167 Å². The molecule has 156 valence electrons. The highest BCUT2D eigenvalue weighted by Crippen LogP contribution is 2.29. The van der Waals surface area contributed by atoms with Crippen molar-refractivity contribution >= 4 is 17.7 Å². The number of nitrogens with zero attached hydrogens (tertiary/aromatic N) is 2. The SMILES string of the molecule is O=C1CCC(N2Cc3ccc(CN(CC(F)F)[C@H]4CCNC4)cc3C2=O)C(=O)N1. The molecule has 0 aromatic heterocycles. The number of halogens is 2. The van der Waals surface area contributed by atoms with E-state index in [1.165, 1.54) is 4.90 Å². The molecular formula is C20H24F2N4O3. The molecule has 2 saturated heterocycles. The van der Waals surface area contributed by atoms with Gasteiger partial charge in [0.1, 0.15) is 6.04 Å². The second-order valence-electron chi connectivity index (χ2n) is 7.86. The lowest BCUT2D eigenvalue weighted by Crippen LogP contribution is -2.52. The third-order valence-corrected chi connectivity index (χ3v) is 5.90. The van der Waals surface area contributed by atoms with Crippen LogP contribution in [0.5, 0.6) is 0 Å². The number of piperidine rings is 1. The molecule has 1 aromatic carbocycles. The van der Waals surface area contributed by atoms with Gasteiger partial charge in [0.15, 0.2) is 0 Å². The fourth-order valence-corrected chi connectivity index (χ4v) is 4.41. The molecule has 0 bridgehead atoms. The van der Waals surface area contributed by atoms with E-state index in [-0.39, 0.29) is 30.8 Å². The van der Waals surface area contributed by atoms with Crippen LogP contribution < -0.4 is 10.6 Å². The Morgan fingerprint density at radius 3 is 2.72 bits per heavy atom. The lowest BCUT2D eigenvalue weighted by Gasteiger charge is -2.29. The van der Waals surface area contributed by atoms with Gasteiger partial charge in [-0.2, -0.15) is 0 Å². The minimum Gasteiger partial charge on any atom is -0.322 e. The number of alkyl halides is 2. The highest BCUT2D eigenvalue weighted by Gasteiger charge is 2.39. The molecule has 2 fully saturated rings. The lowest BCUT2D eigenvalue weighted by molar-refractivity contribution is -0.136. The smallest absolute Gasteiger partial charge is 0.255 e. The van der Waals surface area contributed by atoms with E-state index < -0.39 is 18.4 Å². The highest BCUT2D eigenvalue weighted by atomic mass is 19.3. The quantitative estimate of drug-likeness (QED) is 0.686. The first-order valence-corrected chi connectivity index (χ1v) is 9.91. The number of imide groups is 1. The van der Waals surface area contributed by atoms with Crippen molar-refractivity contribution < 1.29 is 23.2 Å². The van der Waals surface area contributed by atoms with Gasteiger partial charge in [-0.3, -0.25) is 24.6 Å². The Hall–Kier alpha value is -2.39. The molecule has 0 saturated carbocycles. The van der Waals surface area contributed by atoms with Crippen molar-refractivity contribution in [3.63, 3.8) is 0 Å². The number of carbonyl (C=O) groups is 3. The Kier molecular flexibility index (Phi) is 5.60. The zero-order valence-corrected chi connectivity index (χ0v) is 16.0. The second-order valence-corrected chi connectivity index (χ2v) is 7.86. The average Bonchev–Trinajstić information content (AvgIpc) is 3.30. The summed E-state index contributed by atoms with van der Waals surface area (Å²) in [5.74, 6) is -1.02. The zero-order chi connectivity index (χ0) is 20.5. The van der Waals surface area contributed by atoms with Crippen LogP contribution in [0.2, 0.25) is 0 Å². The van der Waals surface area contributed by atoms with E-state index in [2.05, 4.69) is 10.6 Å². The van der Waals surface area contributed by atoms with E-state index in [1.54, 1.807) is 11.0 Å². The van der Waals surface area contributed by atoms with E-state index >= 15 is 0 Å². The molecule has 7 nitrogen and oxygen atoms in total. The summed E-state index contributed by atoms with van der Waals surface area (Å²) in [5.41, 5.74) is 2.12. The summed E-state index contributed by atoms with van der Waals surface area (Å²) < 4.78 is 26.1. The van der Waals surface area contributed by atoms with Gasteiger partial charge in [0.05, 0.1) is 6.54 Å². The van der Waals surface area contributed by atoms with Crippen LogP contribution in [0.4, 0.5) is 8.78 Å². The highest BCUT2D eigenvalue weighted by molar-refractivity contribution is 6.05. The minimum atomic E-state index is -2.42. The van der Waals surface area contributed by atoms with Crippen molar-refractivity contribution in [2.75, 3.05) is 19.6 Å². The summed E-state index contributed by atoms with van der Waals surface area (Å²) in [4.78, 5) is 39.7. The van der Waals surface area contributed by atoms with E-state index in [4.69, 9.17) is 0 Å². The van der Waals surface area contributed by atoms with Crippen LogP contribution in [0, 0.1) is 0 Å². The Bertz CT molecular complexity index is 826. The number of carbonyl (C=O) groups excluding carboxylic acids is 3. The van der Waals surface area contributed by atoms with E-state index in [1.807, 2.05) is 12.1 Å². The molecule has 3 aliphatic rings. The summed E-state index contributed by atoms with van der Waals surface area (Å²) in [6.07, 6.45) is -1.08. The largest absolute Gasteiger partial charge is 0.322 e. The summed E-state index contributed by atoms with van der Waals surface area (Å²) in [6.45, 7) is 1.84. The lowest BCUT2D eigenvalue weighted by atomic mass is 10.0. The molecule has 3 heterocycles. The predicted molar refractivity (Wildman–Crippen MR) is 100 cm³/mol. The van der Waals surface area contributed by atoms with Gasteiger partial charge in [-0.25, -0.2) is 8.78 Å². The first kappa shape index (κ1) is 19.9. The molecule has 0 aliphatic carbocycles. The number of benzene rings is 1. The van der Waals surface area contributed by atoms with E-state index in [9.17, 15) is 23.2 Å². The Morgan fingerprint density at radius 2 is 2.03 bits per heavy atom. The summed E-state index contributed by atoms with van der Waals surface area (Å²) in [6, 6.07) is 4.84. The van der Waals surface area contributed by atoms with Crippen LogP contribution in [0.15, 0.2) is 18.2 Å². The Balaban J connectivity index is 1.50. The normalized spacial score (nSPS) is 24.6. The van der Waals surface area contributed by atoms with Gasteiger partial charge in [0.25, 0.3) is 12.3 Å². The van der Waals surface area contributed by atoms with Crippen LogP contribution in [0.25, 0.3) is 0 Å². The predicted octanol–water partition coefficient (Wildman–Crippen LogP) is 0.877. The average molecular weight is 406 g/mol. The molecule has 0 radical (unpaired) electrons. The number of hydrogen-bond donors (Lipinski definition) is 2. The topological polar surface area (TPSA) is 81.8 Å². The minimum absolute atomic E-state index is 0.0490. The first-order valence-electron chi connectivity index (χ1n) is 9.91. The van der Waals surface area contributed by atoms with Crippen LogP contribution in [0.1, 0.15) is 40.7 Å². The maximum absolute atomic E-state index is 13.1. The molecule has 9 heteroatoms. The molecule has 1 unspecified atom stereocenters. The summed E-state index contributed by atoms with van der Waals surface area (Å²) in [5, 5.41) is 5.49. The van der Waals surface area contributed by atoms with Gasteiger partial charge in [-0.1, -0.05) is 12.1 Å². The number of rotatable bonds is 6. The van der Waals surface area contributed by atoms with Gasteiger partial charge in [-0.05, 0) is 36.6 Å². The van der Waals surface area contributed by atoms with Crippen molar-refractivity contribution in [2.45, 2.75) is 50.9 Å². The number of amides is 3. The van der Waals surface area contributed by atoms with Crippen LogP contribution in [-0.2, 0) is 22.7 Å². The monoisotopic (exact) mass is 406 g/mol. The van der Waals surface area contributed by atoms with Crippen LogP contribution in [-0.4, -0.2) is 65.7 Å². The summed E-state index contributed by atoms with van der Waals surface area (Å²) in [7, 11) is 0. The molecule has 4 rings (SSSR count). The zero-order valence-electron chi connectivity index (χ0n) is 16.0. The second kappa shape index (κ2) is 8.16.